The Bertz CT molecular complexity index is 424. The predicted octanol–water partition coefficient (Wildman–Crippen LogP) is 2.98. The lowest BCUT2D eigenvalue weighted by Crippen LogP contribution is -2.18. The number of nitrogens with one attached hydrogen (secondary N) is 1. The fraction of sp³-hybridized carbons (Fsp3) is 0.286. The molecule has 0 aliphatic heterocycles. The smallest absolute Gasteiger partial charge is 0.319 e. The largest absolute Gasteiger partial charge is 0.418 e. The molecule has 0 fully saturated rings. The van der Waals surface area contributed by atoms with E-state index in [0.29, 0.717) is 0 Å². The van der Waals surface area contributed by atoms with Gasteiger partial charge in [-0.1, -0.05) is 11.6 Å². The number of rotatable bonds is 1. The molecule has 0 saturated heterocycles. The van der Waals surface area contributed by atoms with Crippen LogP contribution in [0.1, 0.15) is 17.7 Å². The van der Waals surface area contributed by atoms with Gasteiger partial charge in [-0.3, -0.25) is 4.79 Å². The van der Waals surface area contributed by atoms with Gasteiger partial charge in [-0.2, -0.15) is 13.2 Å². The molecule has 1 heterocycles. The van der Waals surface area contributed by atoms with E-state index in [2.05, 4.69) is 0 Å². The molecular weight excluding hydrogens is 245 g/mol. The van der Waals surface area contributed by atoms with E-state index in [-0.39, 0.29) is 6.07 Å². The van der Waals surface area contributed by atoms with Crippen LogP contribution in [0.4, 0.5) is 22.0 Å². The lowest BCUT2D eigenvalue weighted by atomic mass is 10.2. The lowest BCUT2D eigenvalue weighted by Gasteiger charge is -2.11. The Kier molecular flexibility index (Phi) is 3.03. The summed E-state index contributed by atoms with van der Waals surface area (Å²) in [7, 11) is 0. The molecular formula is C7H3ClF5NO. The highest BCUT2D eigenvalue weighted by Crippen LogP contribution is 2.35. The second-order valence-electron chi connectivity index (χ2n) is 2.57. The quantitative estimate of drug-likeness (QED) is 0.761. The third kappa shape index (κ3) is 2.47. The minimum absolute atomic E-state index is 0.182. The summed E-state index contributed by atoms with van der Waals surface area (Å²) in [6.07, 6.45) is -8.41. The van der Waals surface area contributed by atoms with Gasteiger partial charge in [0, 0.05) is 0 Å². The average molecular weight is 248 g/mol. The van der Waals surface area contributed by atoms with Gasteiger partial charge >= 0.3 is 6.18 Å². The van der Waals surface area contributed by atoms with Crippen LogP contribution in [0.3, 0.4) is 0 Å². The number of alkyl halides is 5. The van der Waals surface area contributed by atoms with Crippen LogP contribution < -0.4 is 5.56 Å². The Morgan fingerprint density at radius 1 is 1.33 bits per heavy atom. The van der Waals surface area contributed by atoms with E-state index in [1.54, 1.807) is 0 Å². The molecule has 0 bridgehead atoms. The van der Waals surface area contributed by atoms with E-state index in [9.17, 15) is 26.7 Å². The van der Waals surface area contributed by atoms with Gasteiger partial charge in [-0.15, -0.1) is 0 Å². The van der Waals surface area contributed by atoms with Gasteiger partial charge in [0.05, 0.1) is 11.3 Å². The maximum atomic E-state index is 12.2. The number of hydrogen-bond acceptors (Lipinski definition) is 1. The van der Waals surface area contributed by atoms with Crippen molar-refractivity contribution in [3.05, 3.63) is 32.7 Å². The molecule has 15 heavy (non-hydrogen) atoms. The van der Waals surface area contributed by atoms with Crippen molar-refractivity contribution >= 4 is 11.6 Å². The molecule has 2 nitrogen and oxygen atoms in total. The number of halogens is 6. The van der Waals surface area contributed by atoms with Gasteiger partial charge in [-0.05, 0) is 6.07 Å². The van der Waals surface area contributed by atoms with Crippen LogP contribution in [0, 0.1) is 0 Å². The van der Waals surface area contributed by atoms with E-state index < -0.39 is 34.4 Å². The van der Waals surface area contributed by atoms with Crippen molar-refractivity contribution in [2.24, 2.45) is 0 Å². The van der Waals surface area contributed by atoms with Crippen molar-refractivity contribution in [3.63, 3.8) is 0 Å². The van der Waals surface area contributed by atoms with E-state index in [0.717, 1.165) is 0 Å². The number of pyridine rings is 1. The van der Waals surface area contributed by atoms with Crippen LogP contribution in [0.2, 0.25) is 5.02 Å². The van der Waals surface area contributed by atoms with Gasteiger partial charge in [0.2, 0.25) is 0 Å². The summed E-state index contributed by atoms with van der Waals surface area (Å²) in [4.78, 5) is 12.1. The molecule has 0 spiro atoms. The Morgan fingerprint density at radius 3 is 2.27 bits per heavy atom. The minimum Gasteiger partial charge on any atom is -0.319 e. The summed E-state index contributed by atoms with van der Waals surface area (Å²) in [5.74, 6) is 0. The van der Waals surface area contributed by atoms with Gasteiger partial charge in [0.1, 0.15) is 5.02 Å². The zero-order valence-corrected chi connectivity index (χ0v) is 7.59. The van der Waals surface area contributed by atoms with Gasteiger partial charge in [0.15, 0.2) is 0 Å². The first-order valence-electron chi connectivity index (χ1n) is 3.51. The predicted molar refractivity (Wildman–Crippen MR) is 42.0 cm³/mol. The second-order valence-corrected chi connectivity index (χ2v) is 2.98. The topological polar surface area (TPSA) is 32.9 Å². The normalized spacial score (nSPS) is 12.2. The highest BCUT2D eigenvalue weighted by molar-refractivity contribution is 6.30. The molecule has 0 aliphatic rings. The highest BCUT2D eigenvalue weighted by atomic mass is 35.5. The standard InChI is InChI=1S/C7H3ClF5NO/c8-3-1-2(7(11,12)13)4(5(9)10)14-6(3)15/h1,5H,(H,14,15). The SMILES string of the molecule is O=c1[nH]c(C(F)F)c(C(F)(F)F)cc1Cl. The van der Waals surface area contributed by atoms with Crippen LogP contribution >= 0.6 is 11.6 Å². The molecule has 8 heteroatoms. The third-order valence-electron chi connectivity index (χ3n) is 1.55. The first kappa shape index (κ1) is 12.0. The highest BCUT2D eigenvalue weighted by Gasteiger charge is 2.37. The van der Waals surface area contributed by atoms with Gasteiger partial charge in [0.25, 0.3) is 12.0 Å². The Balaban J connectivity index is 3.49. The van der Waals surface area contributed by atoms with Crippen molar-refractivity contribution in [2.75, 3.05) is 0 Å². The molecule has 1 aromatic heterocycles. The summed E-state index contributed by atoms with van der Waals surface area (Å²) >= 11 is 5.11. The zero-order chi connectivity index (χ0) is 11.8. The zero-order valence-electron chi connectivity index (χ0n) is 6.83. The molecule has 0 aliphatic carbocycles. The van der Waals surface area contributed by atoms with Crippen molar-refractivity contribution in [2.45, 2.75) is 12.6 Å². The first-order chi connectivity index (χ1) is 6.73. The number of aromatic nitrogens is 1. The van der Waals surface area contributed by atoms with Gasteiger partial charge < -0.3 is 4.98 Å². The third-order valence-corrected chi connectivity index (χ3v) is 1.83. The molecule has 1 aromatic rings. The van der Waals surface area contributed by atoms with Crippen LogP contribution in [0.5, 0.6) is 0 Å². The number of H-pyrrole nitrogens is 1. The molecule has 0 radical (unpaired) electrons. The summed E-state index contributed by atoms with van der Waals surface area (Å²) < 4.78 is 60.9. The molecule has 0 aromatic carbocycles. The molecule has 1 N–H and O–H groups in total. The molecule has 0 saturated carbocycles. The summed E-state index contributed by atoms with van der Waals surface area (Å²) in [5, 5.41) is -0.785. The van der Waals surface area contributed by atoms with Crippen LogP contribution in [0.25, 0.3) is 0 Å². The number of aromatic amines is 1. The van der Waals surface area contributed by atoms with Crippen LogP contribution in [0.15, 0.2) is 10.9 Å². The van der Waals surface area contributed by atoms with Crippen LogP contribution in [-0.2, 0) is 6.18 Å². The summed E-state index contributed by atoms with van der Waals surface area (Å²) in [6.45, 7) is 0. The molecule has 0 unspecified atom stereocenters. The maximum absolute atomic E-state index is 12.2. The monoisotopic (exact) mass is 247 g/mol. The molecule has 84 valence electrons. The second kappa shape index (κ2) is 3.80. The van der Waals surface area contributed by atoms with Crippen molar-refractivity contribution in [1.29, 1.82) is 0 Å². The van der Waals surface area contributed by atoms with E-state index in [1.807, 2.05) is 0 Å². The van der Waals surface area contributed by atoms with Crippen molar-refractivity contribution < 1.29 is 22.0 Å². The minimum atomic E-state index is -4.99. The fourth-order valence-corrected chi connectivity index (χ4v) is 1.08. The van der Waals surface area contributed by atoms with E-state index in [4.69, 9.17) is 11.6 Å². The Hall–Kier alpha value is -1.11. The Labute approximate surface area is 84.7 Å². The average Bonchev–Trinajstić information content (AvgIpc) is 2.06. The Morgan fingerprint density at radius 2 is 1.87 bits per heavy atom. The van der Waals surface area contributed by atoms with E-state index in [1.165, 1.54) is 4.98 Å². The van der Waals surface area contributed by atoms with Crippen molar-refractivity contribution in [3.8, 4) is 0 Å². The fourth-order valence-electron chi connectivity index (χ4n) is 0.926. The maximum Gasteiger partial charge on any atom is 0.418 e. The van der Waals surface area contributed by atoms with Gasteiger partial charge in [-0.25, -0.2) is 8.78 Å². The molecule has 0 atom stereocenters. The first-order valence-corrected chi connectivity index (χ1v) is 3.89. The number of hydrogen-bond donors (Lipinski definition) is 1. The summed E-state index contributed by atoms with van der Waals surface area (Å²) in [5.41, 5.74) is -4.29. The summed E-state index contributed by atoms with van der Waals surface area (Å²) in [6, 6.07) is 0.182. The van der Waals surface area contributed by atoms with Crippen LogP contribution in [-0.4, -0.2) is 4.98 Å². The molecule has 1 rings (SSSR count). The van der Waals surface area contributed by atoms with E-state index >= 15 is 0 Å². The van der Waals surface area contributed by atoms with Crippen molar-refractivity contribution in [1.82, 2.24) is 4.98 Å². The lowest BCUT2D eigenvalue weighted by molar-refractivity contribution is -0.140. The molecule has 0 amide bonds.